The minimum atomic E-state index is -3.27. The van der Waals surface area contributed by atoms with Crippen molar-refractivity contribution < 1.29 is 8.42 Å². The van der Waals surface area contributed by atoms with Gasteiger partial charge in [0.25, 0.3) is 0 Å². The second-order valence-corrected chi connectivity index (χ2v) is 5.17. The highest BCUT2D eigenvalue weighted by atomic mass is 32.2. The SMILES string of the molecule is CCCCN1CC(S(N)(=O)=O)C1. The summed E-state index contributed by atoms with van der Waals surface area (Å²) in [5, 5.41) is 4.67. The van der Waals surface area contributed by atoms with Gasteiger partial charge in [-0.3, -0.25) is 0 Å². The Labute approximate surface area is 73.8 Å². The van der Waals surface area contributed by atoms with Gasteiger partial charge in [-0.15, -0.1) is 0 Å². The molecule has 72 valence electrons. The third-order valence-corrected chi connectivity index (χ3v) is 3.44. The van der Waals surface area contributed by atoms with E-state index in [9.17, 15) is 8.42 Å². The summed E-state index contributed by atoms with van der Waals surface area (Å²) >= 11 is 0. The van der Waals surface area contributed by atoms with Gasteiger partial charge in [0.05, 0.1) is 0 Å². The molecular formula is C7H16N2O2S. The van der Waals surface area contributed by atoms with Crippen molar-refractivity contribution in [3.8, 4) is 0 Å². The Morgan fingerprint density at radius 2 is 2.08 bits per heavy atom. The maximum absolute atomic E-state index is 10.8. The summed E-state index contributed by atoms with van der Waals surface area (Å²) < 4.78 is 21.6. The van der Waals surface area contributed by atoms with Crippen LogP contribution in [0.4, 0.5) is 0 Å². The minimum Gasteiger partial charge on any atom is -0.301 e. The maximum atomic E-state index is 10.8. The fourth-order valence-corrected chi connectivity index (χ4v) is 2.13. The monoisotopic (exact) mass is 192 g/mol. The average Bonchev–Trinajstić information content (AvgIpc) is 1.81. The zero-order valence-electron chi connectivity index (χ0n) is 7.36. The molecule has 0 saturated carbocycles. The van der Waals surface area contributed by atoms with Crippen molar-refractivity contribution in [2.75, 3.05) is 19.6 Å². The lowest BCUT2D eigenvalue weighted by Crippen LogP contribution is -2.56. The Kier molecular flexibility index (Phi) is 3.09. The summed E-state index contributed by atoms with van der Waals surface area (Å²) in [4.78, 5) is 2.12. The Morgan fingerprint density at radius 1 is 1.50 bits per heavy atom. The van der Waals surface area contributed by atoms with Crippen molar-refractivity contribution >= 4 is 10.0 Å². The number of primary sulfonamides is 1. The first-order valence-electron chi connectivity index (χ1n) is 4.28. The van der Waals surface area contributed by atoms with Crippen molar-refractivity contribution in [3.63, 3.8) is 0 Å². The van der Waals surface area contributed by atoms with Gasteiger partial charge < -0.3 is 4.90 Å². The van der Waals surface area contributed by atoms with Crippen molar-refractivity contribution in [1.82, 2.24) is 4.90 Å². The molecule has 0 bridgehead atoms. The normalized spacial score (nSPS) is 20.8. The zero-order valence-corrected chi connectivity index (χ0v) is 8.18. The van der Waals surface area contributed by atoms with E-state index in [0.717, 1.165) is 19.4 Å². The molecular weight excluding hydrogens is 176 g/mol. The second kappa shape index (κ2) is 3.72. The summed E-state index contributed by atoms with van der Waals surface area (Å²) in [6.07, 6.45) is 2.29. The van der Waals surface area contributed by atoms with E-state index in [0.29, 0.717) is 13.1 Å². The lowest BCUT2D eigenvalue weighted by molar-refractivity contribution is 0.182. The third kappa shape index (κ3) is 2.43. The molecule has 1 rings (SSSR count). The predicted octanol–water partition coefficient (Wildman–Crippen LogP) is -0.241. The van der Waals surface area contributed by atoms with E-state index >= 15 is 0 Å². The fraction of sp³-hybridized carbons (Fsp3) is 1.00. The fourth-order valence-electron chi connectivity index (χ4n) is 1.29. The van der Waals surface area contributed by atoms with Crippen LogP contribution in [0.15, 0.2) is 0 Å². The van der Waals surface area contributed by atoms with E-state index in [4.69, 9.17) is 5.14 Å². The zero-order chi connectivity index (χ0) is 9.19. The highest BCUT2D eigenvalue weighted by Crippen LogP contribution is 2.14. The molecule has 1 aliphatic rings. The summed E-state index contributed by atoms with van der Waals surface area (Å²) in [6, 6.07) is 0. The summed E-state index contributed by atoms with van der Waals surface area (Å²) in [5.41, 5.74) is 0. The average molecular weight is 192 g/mol. The molecule has 1 saturated heterocycles. The van der Waals surface area contributed by atoms with Gasteiger partial charge in [-0.1, -0.05) is 13.3 Å². The number of hydrogen-bond donors (Lipinski definition) is 1. The van der Waals surface area contributed by atoms with E-state index in [2.05, 4.69) is 11.8 Å². The number of nitrogens with two attached hydrogens (primary N) is 1. The Morgan fingerprint density at radius 3 is 2.50 bits per heavy atom. The molecule has 0 radical (unpaired) electrons. The second-order valence-electron chi connectivity index (χ2n) is 3.32. The van der Waals surface area contributed by atoms with Crippen LogP contribution < -0.4 is 5.14 Å². The van der Waals surface area contributed by atoms with Gasteiger partial charge in [-0.25, -0.2) is 13.6 Å². The van der Waals surface area contributed by atoms with Crippen molar-refractivity contribution in [3.05, 3.63) is 0 Å². The number of nitrogens with zero attached hydrogens (tertiary/aromatic N) is 1. The molecule has 1 aliphatic heterocycles. The quantitative estimate of drug-likeness (QED) is 0.668. The van der Waals surface area contributed by atoms with E-state index < -0.39 is 10.0 Å². The topological polar surface area (TPSA) is 63.4 Å². The van der Waals surface area contributed by atoms with E-state index in [1.54, 1.807) is 0 Å². The number of likely N-dealkylation sites (tertiary alicyclic amines) is 1. The smallest absolute Gasteiger partial charge is 0.214 e. The highest BCUT2D eigenvalue weighted by molar-refractivity contribution is 7.89. The maximum Gasteiger partial charge on any atom is 0.214 e. The van der Waals surface area contributed by atoms with Gasteiger partial charge in [0.1, 0.15) is 5.25 Å². The van der Waals surface area contributed by atoms with E-state index in [1.165, 1.54) is 0 Å². The van der Waals surface area contributed by atoms with E-state index in [-0.39, 0.29) is 5.25 Å². The van der Waals surface area contributed by atoms with Crippen LogP contribution in [0.1, 0.15) is 19.8 Å². The van der Waals surface area contributed by atoms with Crippen LogP contribution in [-0.4, -0.2) is 38.2 Å². The van der Waals surface area contributed by atoms with Crippen molar-refractivity contribution in [2.45, 2.75) is 25.0 Å². The van der Waals surface area contributed by atoms with Gasteiger partial charge in [-0.05, 0) is 13.0 Å². The molecule has 5 heteroatoms. The van der Waals surface area contributed by atoms with Gasteiger partial charge in [0, 0.05) is 13.1 Å². The molecule has 0 aliphatic carbocycles. The number of sulfonamides is 1. The van der Waals surface area contributed by atoms with Gasteiger partial charge in [-0.2, -0.15) is 0 Å². The van der Waals surface area contributed by atoms with Crippen LogP contribution >= 0.6 is 0 Å². The number of rotatable bonds is 4. The third-order valence-electron chi connectivity index (χ3n) is 2.22. The largest absolute Gasteiger partial charge is 0.301 e. The van der Waals surface area contributed by atoms with Crippen molar-refractivity contribution in [1.29, 1.82) is 0 Å². The molecule has 0 aromatic heterocycles. The highest BCUT2D eigenvalue weighted by Gasteiger charge is 2.34. The van der Waals surface area contributed by atoms with E-state index in [1.807, 2.05) is 0 Å². The standard InChI is InChI=1S/C7H16N2O2S/c1-2-3-4-9-5-7(6-9)12(8,10)11/h7H,2-6H2,1H3,(H2,8,10,11). The summed E-state index contributed by atoms with van der Waals surface area (Å²) in [7, 11) is -3.27. The minimum absolute atomic E-state index is 0.311. The van der Waals surface area contributed by atoms with Crippen LogP contribution in [0, 0.1) is 0 Å². The molecule has 2 N–H and O–H groups in total. The van der Waals surface area contributed by atoms with Crippen LogP contribution in [0.2, 0.25) is 0 Å². The Bertz CT molecular complexity index is 232. The number of hydrogen-bond acceptors (Lipinski definition) is 3. The molecule has 0 amide bonds. The predicted molar refractivity (Wildman–Crippen MR) is 48.2 cm³/mol. The molecule has 0 spiro atoms. The molecule has 0 aromatic carbocycles. The molecule has 0 aromatic rings. The first kappa shape index (κ1) is 9.95. The lowest BCUT2D eigenvalue weighted by atomic mass is 10.2. The van der Waals surface area contributed by atoms with Gasteiger partial charge in [0.15, 0.2) is 0 Å². The van der Waals surface area contributed by atoms with Crippen LogP contribution in [0.5, 0.6) is 0 Å². The molecule has 0 unspecified atom stereocenters. The van der Waals surface area contributed by atoms with Crippen LogP contribution in [0.3, 0.4) is 0 Å². The lowest BCUT2D eigenvalue weighted by Gasteiger charge is -2.37. The van der Waals surface area contributed by atoms with Gasteiger partial charge >= 0.3 is 0 Å². The van der Waals surface area contributed by atoms with Crippen LogP contribution in [-0.2, 0) is 10.0 Å². The molecule has 4 nitrogen and oxygen atoms in total. The summed E-state index contributed by atoms with van der Waals surface area (Å²) in [5.74, 6) is 0. The number of unbranched alkanes of at least 4 members (excludes halogenated alkanes) is 1. The summed E-state index contributed by atoms with van der Waals surface area (Å²) in [6.45, 7) is 4.37. The molecule has 0 atom stereocenters. The molecule has 1 fully saturated rings. The van der Waals surface area contributed by atoms with Crippen LogP contribution in [0.25, 0.3) is 0 Å². The van der Waals surface area contributed by atoms with Crippen molar-refractivity contribution in [2.24, 2.45) is 5.14 Å². The van der Waals surface area contributed by atoms with Gasteiger partial charge in [0.2, 0.25) is 10.0 Å². The first-order chi connectivity index (χ1) is 5.54. The Balaban J connectivity index is 2.20. The molecule has 12 heavy (non-hydrogen) atoms. The molecule has 1 heterocycles. The Hall–Kier alpha value is -0.130. The first-order valence-corrected chi connectivity index (χ1v) is 5.89.